The third kappa shape index (κ3) is 4.28. The van der Waals surface area contributed by atoms with Gasteiger partial charge in [-0.25, -0.2) is 9.97 Å². The van der Waals surface area contributed by atoms with Gasteiger partial charge in [0.05, 0.1) is 20.8 Å². The standard InChI is InChI=1S/C22H22N4O3S/c1-28-18-8-7-15(13-19(18)29-2)24-21(27)10-9-20-25-17-6-3-11-23-22(17)26(20)14-16-5-4-12-30-16/h3-8,11-13H,9-10,14H2,1-2H3,(H,24,27). The highest BCUT2D eigenvalue weighted by atomic mass is 32.1. The van der Waals surface area contributed by atoms with Crippen molar-refractivity contribution in [3.63, 3.8) is 0 Å². The maximum Gasteiger partial charge on any atom is 0.224 e. The number of rotatable bonds is 8. The number of carbonyl (C=O) groups excluding carboxylic acids is 1. The Labute approximate surface area is 178 Å². The molecule has 154 valence electrons. The van der Waals surface area contributed by atoms with Crippen LogP contribution >= 0.6 is 11.3 Å². The van der Waals surface area contributed by atoms with Crippen molar-refractivity contribution in [1.29, 1.82) is 0 Å². The minimum atomic E-state index is -0.0927. The summed E-state index contributed by atoms with van der Waals surface area (Å²) in [5, 5.41) is 4.97. The fraction of sp³-hybridized carbons (Fsp3) is 0.227. The first kappa shape index (κ1) is 19.9. The third-order valence-corrected chi connectivity index (χ3v) is 5.58. The lowest BCUT2D eigenvalue weighted by atomic mass is 10.2. The van der Waals surface area contributed by atoms with Crippen LogP contribution in [-0.4, -0.2) is 34.7 Å². The fourth-order valence-electron chi connectivity index (χ4n) is 3.28. The number of aryl methyl sites for hydroxylation is 1. The second kappa shape index (κ2) is 8.96. The van der Waals surface area contributed by atoms with E-state index in [2.05, 4.69) is 26.3 Å². The van der Waals surface area contributed by atoms with Crippen molar-refractivity contribution in [2.45, 2.75) is 19.4 Å². The molecule has 0 unspecified atom stereocenters. The number of fused-ring (bicyclic) bond motifs is 1. The number of ether oxygens (including phenoxy) is 2. The molecule has 1 amide bonds. The summed E-state index contributed by atoms with van der Waals surface area (Å²) in [5.74, 6) is 1.94. The molecule has 8 heteroatoms. The number of hydrogen-bond acceptors (Lipinski definition) is 6. The number of aromatic nitrogens is 3. The number of imidazole rings is 1. The molecular formula is C22H22N4O3S. The summed E-state index contributed by atoms with van der Waals surface area (Å²) >= 11 is 1.69. The summed E-state index contributed by atoms with van der Waals surface area (Å²) in [5.41, 5.74) is 2.33. The van der Waals surface area contributed by atoms with E-state index in [4.69, 9.17) is 14.5 Å². The topological polar surface area (TPSA) is 78.3 Å². The summed E-state index contributed by atoms with van der Waals surface area (Å²) < 4.78 is 12.6. The molecule has 0 spiro atoms. The molecule has 0 aliphatic rings. The number of pyridine rings is 1. The van der Waals surface area contributed by atoms with Crippen LogP contribution in [0.15, 0.2) is 54.0 Å². The largest absolute Gasteiger partial charge is 0.493 e. The van der Waals surface area contributed by atoms with E-state index in [-0.39, 0.29) is 5.91 Å². The molecule has 1 aromatic carbocycles. The number of thiophene rings is 1. The summed E-state index contributed by atoms with van der Waals surface area (Å²) in [6.07, 6.45) is 2.59. The van der Waals surface area contributed by atoms with Crippen molar-refractivity contribution >= 4 is 34.1 Å². The summed E-state index contributed by atoms with van der Waals surface area (Å²) in [6.45, 7) is 0.692. The second-order valence-corrected chi connectivity index (χ2v) is 7.69. The zero-order chi connectivity index (χ0) is 20.9. The molecule has 3 aromatic heterocycles. The van der Waals surface area contributed by atoms with E-state index in [0.29, 0.717) is 36.6 Å². The Morgan fingerprint density at radius 1 is 1.13 bits per heavy atom. The smallest absolute Gasteiger partial charge is 0.224 e. The lowest BCUT2D eigenvalue weighted by Gasteiger charge is -2.11. The molecule has 0 fully saturated rings. The first-order valence-corrected chi connectivity index (χ1v) is 10.4. The van der Waals surface area contributed by atoms with Gasteiger partial charge >= 0.3 is 0 Å². The monoisotopic (exact) mass is 422 g/mol. The average molecular weight is 423 g/mol. The van der Waals surface area contributed by atoms with E-state index in [1.165, 1.54) is 4.88 Å². The van der Waals surface area contributed by atoms with E-state index < -0.39 is 0 Å². The number of carbonyl (C=O) groups is 1. The van der Waals surface area contributed by atoms with Gasteiger partial charge in [-0.15, -0.1) is 11.3 Å². The summed E-state index contributed by atoms with van der Waals surface area (Å²) in [7, 11) is 3.14. The molecule has 1 N–H and O–H groups in total. The summed E-state index contributed by atoms with van der Waals surface area (Å²) in [6, 6.07) is 13.2. The molecule has 30 heavy (non-hydrogen) atoms. The molecule has 4 rings (SSSR count). The molecule has 0 radical (unpaired) electrons. The summed E-state index contributed by atoms with van der Waals surface area (Å²) in [4.78, 5) is 23.0. The van der Waals surface area contributed by atoms with Gasteiger partial charge in [0.2, 0.25) is 5.91 Å². The van der Waals surface area contributed by atoms with E-state index in [1.807, 2.05) is 18.2 Å². The van der Waals surface area contributed by atoms with E-state index in [1.54, 1.807) is 50.0 Å². The Morgan fingerprint density at radius 3 is 2.77 bits per heavy atom. The number of nitrogens with one attached hydrogen (secondary N) is 1. The number of nitrogens with zero attached hydrogens (tertiary/aromatic N) is 3. The molecule has 0 saturated heterocycles. The van der Waals surface area contributed by atoms with Gasteiger partial charge in [-0.05, 0) is 35.7 Å². The van der Waals surface area contributed by atoms with Crippen LogP contribution in [0.4, 0.5) is 5.69 Å². The van der Waals surface area contributed by atoms with Crippen molar-refractivity contribution in [2.75, 3.05) is 19.5 Å². The maximum absolute atomic E-state index is 12.5. The van der Waals surface area contributed by atoms with Gasteiger partial charge in [0, 0.05) is 35.7 Å². The molecular weight excluding hydrogens is 400 g/mol. The minimum absolute atomic E-state index is 0.0927. The van der Waals surface area contributed by atoms with E-state index >= 15 is 0 Å². The second-order valence-electron chi connectivity index (χ2n) is 6.66. The van der Waals surface area contributed by atoms with Crippen LogP contribution in [-0.2, 0) is 17.8 Å². The van der Waals surface area contributed by atoms with Gasteiger partial charge < -0.3 is 19.4 Å². The normalized spacial score (nSPS) is 10.9. The SMILES string of the molecule is COc1ccc(NC(=O)CCc2nc3cccnc3n2Cc2cccs2)cc1OC. The van der Waals surface area contributed by atoms with Crippen molar-refractivity contribution in [1.82, 2.24) is 14.5 Å². The maximum atomic E-state index is 12.5. The molecule has 7 nitrogen and oxygen atoms in total. The Bertz CT molecular complexity index is 1150. The fourth-order valence-corrected chi connectivity index (χ4v) is 3.98. The predicted octanol–water partition coefficient (Wildman–Crippen LogP) is 4.13. The molecule has 0 bridgehead atoms. The Kier molecular flexibility index (Phi) is 5.94. The number of anilines is 1. The molecule has 3 heterocycles. The number of hydrogen-bond donors (Lipinski definition) is 1. The van der Waals surface area contributed by atoms with Gasteiger partial charge in [0.25, 0.3) is 0 Å². The predicted molar refractivity (Wildman–Crippen MR) is 117 cm³/mol. The van der Waals surface area contributed by atoms with Gasteiger partial charge in [0.1, 0.15) is 11.3 Å². The highest BCUT2D eigenvalue weighted by molar-refractivity contribution is 7.09. The number of methoxy groups -OCH3 is 2. The van der Waals surface area contributed by atoms with Gasteiger partial charge in [-0.2, -0.15) is 0 Å². The van der Waals surface area contributed by atoms with Crippen molar-refractivity contribution in [2.24, 2.45) is 0 Å². The zero-order valence-corrected chi connectivity index (χ0v) is 17.6. The van der Waals surface area contributed by atoms with Crippen molar-refractivity contribution in [3.8, 4) is 11.5 Å². The van der Waals surface area contributed by atoms with E-state index in [9.17, 15) is 4.79 Å². The van der Waals surface area contributed by atoms with Crippen LogP contribution in [0.1, 0.15) is 17.1 Å². The lowest BCUT2D eigenvalue weighted by molar-refractivity contribution is -0.116. The Morgan fingerprint density at radius 2 is 2.00 bits per heavy atom. The first-order valence-electron chi connectivity index (χ1n) is 9.52. The van der Waals surface area contributed by atoms with Crippen LogP contribution in [0.5, 0.6) is 11.5 Å². The minimum Gasteiger partial charge on any atom is -0.493 e. The molecule has 0 aliphatic heterocycles. The van der Waals surface area contributed by atoms with E-state index in [0.717, 1.165) is 17.0 Å². The van der Waals surface area contributed by atoms with Crippen LogP contribution in [0.25, 0.3) is 11.2 Å². The van der Waals surface area contributed by atoms with Gasteiger partial charge in [0.15, 0.2) is 17.1 Å². The van der Waals surface area contributed by atoms with Crippen LogP contribution in [0, 0.1) is 0 Å². The third-order valence-electron chi connectivity index (χ3n) is 4.72. The van der Waals surface area contributed by atoms with Crippen molar-refractivity contribution < 1.29 is 14.3 Å². The van der Waals surface area contributed by atoms with Crippen LogP contribution in [0.2, 0.25) is 0 Å². The van der Waals surface area contributed by atoms with Gasteiger partial charge in [-0.3, -0.25) is 4.79 Å². The molecule has 0 atom stereocenters. The Hall–Kier alpha value is -3.39. The quantitative estimate of drug-likeness (QED) is 0.462. The first-order chi connectivity index (χ1) is 14.7. The van der Waals surface area contributed by atoms with Gasteiger partial charge in [-0.1, -0.05) is 6.07 Å². The van der Waals surface area contributed by atoms with Crippen LogP contribution < -0.4 is 14.8 Å². The van der Waals surface area contributed by atoms with Crippen LogP contribution in [0.3, 0.4) is 0 Å². The zero-order valence-electron chi connectivity index (χ0n) is 16.8. The lowest BCUT2D eigenvalue weighted by Crippen LogP contribution is -2.14. The van der Waals surface area contributed by atoms with Crippen molar-refractivity contribution in [3.05, 3.63) is 64.7 Å². The highest BCUT2D eigenvalue weighted by Gasteiger charge is 2.14. The Balaban J connectivity index is 1.48. The number of benzene rings is 1. The molecule has 4 aromatic rings. The molecule has 0 aliphatic carbocycles. The molecule has 0 saturated carbocycles. The average Bonchev–Trinajstić information content (AvgIpc) is 3.40. The number of amides is 1. The highest BCUT2D eigenvalue weighted by Crippen LogP contribution is 2.29.